The third-order valence-corrected chi connectivity index (χ3v) is 4.33. The third-order valence-electron chi connectivity index (χ3n) is 4.33. The lowest BCUT2D eigenvalue weighted by Gasteiger charge is -2.31. The van der Waals surface area contributed by atoms with Crippen molar-refractivity contribution in [3.8, 4) is 0 Å². The topological polar surface area (TPSA) is 75.4 Å². The van der Waals surface area contributed by atoms with Crippen molar-refractivity contribution >= 4 is 22.9 Å². The minimum atomic E-state index is -0.760. The Morgan fingerprint density at radius 2 is 2.05 bits per heavy atom. The highest BCUT2D eigenvalue weighted by atomic mass is 16.4. The monoisotopic (exact) mass is 301 g/mol. The van der Waals surface area contributed by atoms with Crippen LogP contribution in [0.1, 0.15) is 29.6 Å². The molecule has 1 fully saturated rings. The van der Waals surface area contributed by atoms with E-state index in [1.54, 1.807) is 6.33 Å². The standard InChI is InChI=1S/C16H19N3O3/c1-18-10-17-13-4-2-3-12(15(13)18)16(22)19-7-5-11(6-8-19)9-14(20)21/h2-4,10-11H,5-9H2,1H3,(H,20,21). The van der Waals surface area contributed by atoms with Crippen LogP contribution in [0, 0.1) is 5.92 Å². The number of hydrogen-bond donors (Lipinski definition) is 1. The first-order chi connectivity index (χ1) is 10.6. The number of para-hydroxylation sites is 1. The average molecular weight is 301 g/mol. The number of aromatic nitrogens is 2. The Kier molecular flexibility index (Phi) is 3.83. The molecule has 22 heavy (non-hydrogen) atoms. The van der Waals surface area contributed by atoms with E-state index in [2.05, 4.69) is 4.98 Å². The van der Waals surface area contributed by atoms with Gasteiger partial charge in [-0.15, -0.1) is 0 Å². The van der Waals surface area contributed by atoms with E-state index in [1.807, 2.05) is 34.7 Å². The number of hydrogen-bond acceptors (Lipinski definition) is 3. The summed E-state index contributed by atoms with van der Waals surface area (Å²) in [5.41, 5.74) is 2.32. The Hall–Kier alpha value is -2.37. The SMILES string of the molecule is Cn1cnc2cccc(C(=O)N3CCC(CC(=O)O)CC3)c21. The fraction of sp³-hybridized carbons (Fsp3) is 0.438. The van der Waals surface area contributed by atoms with Gasteiger partial charge >= 0.3 is 5.97 Å². The summed E-state index contributed by atoms with van der Waals surface area (Å²) >= 11 is 0. The molecule has 1 aromatic carbocycles. The molecule has 0 radical (unpaired) electrons. The Bertz CT molecular complexity index is 714. The van der Waals surface area contributed by atoms with Gasteiger partial charge in [-0.2, -0.15) is 0 Å². The van der Waals surface area contributed by atoms with Gasteiger partial charge in [0, 0.05) is 26.6 Å². The van der Waals surface area contributed by atoms with Crippen molar-refractivity contribution in [1.82, 2.24) is 14.5 Å². The van der Waals surface area contributed by atoms with Crippen LogP contribution >= 0.6 is 0 Å². The molecule has 0 aliphatic carbocycles. The molecule has 1 saturated heterocycles. The molecular weight excluding hydrogens is 282 g/mol. The summed E-state index contributed by atoms with van der Waals surface area (Å²) in [6.45, 7) is 1.23. The molecule has 1 aromatic heterocycles. The molecule has 116 valence electrons. The van der Waals surface area contributed by atoms with Crippen molar-refractivity contribution in [2.45, 2.75) is 19.3 Å². The molecule has 1 N–H and O–H groups in total. The van der Waals surface area contributed by atoms with Crippen LogP contribution in [0.2, 0.25) is 0 Å². The van der Waals surface area contributed by atoms with Crippen LogP contribution in [-0.4, -0.2) is 44.5 Å². The van der Waals surface area contributed by atoms with E-state index in [1.165, 1.54) is 0 Å². The second-order valence-electron chi connectivity index (χ2n) is 5.86. The minimum Gasteiger partial charge on any atom is -0.481 e. The molecule has 1 aliphatic rings. The van der Waals surface area contributed by atoms with Crippen molar-refractivity contribution < 1.29 is 14.7 Å². The number of piperidine rings is 1. The Balaban J connectivity index is 1.77. The molecule has 6 heteroatoms. The number of amides is 1. The molecule has 0 saturated carbocycles. The number of fused-ring (bicyclic) bond motifs is 1. The van der Waals surface area contributed by atoms with Gasteiger partial charge in [0.05, 0.1) is 22.9 Å². The van der Waals surface area contributed by atoms with E-state index < -0.39 is 5.97 Å². The van der Waals surface area contributed by atoms with E-state index in [0.29, 0.717) is 18.7 Å². The van der Waals surface area contributed by atoms with Crippen LogP contribution in [0.25, 0.3) is 11.0 Å². The Morgan fingerprint density at radius 1 is 1.32 bits per heavy atom. The molecule has 0 spiro atoms. The van der Waals surface area contributed by atoms with Crippen molar-refractivity contribution in [2.24, 2.45) is 13.0 Å². The molecule has 0 unspecified atom stereocenters. The van der Waals surface area contributed by atoms with E-state index >= 15 is 0 Å². The number of aryl methyl sites for hydroxylation is 1. The lowest BCUT2D eigenvalue weighted by molar-refractivity contribution is -0.138. The van der Waals surface area contributed by atoms with Crippen molar-refractivity contribution in [2.75, 3.05) is 13.1 Å². The summed E-state index contributed by atoms with van der Waals surface area (Å²) in [5, 5.41) is 8.85. The maximum Gasteiger partial charge on any atom is 0.303 e. The summed E-state index contributed by atoms with van der Waals surface area (Å²) in [6.07, 6.45) is 3.40. The fourth-order valence-corrected chi connectivity index (χ4v) is 3.14. The molecule has 2 aromatic rings. The number of rotatable bonds is 3. The normalized spacial score (nSPS) is 16.1. The highest BCUT2D eigenvalue weighted by molar-refractivity contribution is 6.05. The molecule has 2 heterocycles. The molecule has 6 nitrogen and oxygen atoms in total. The fourth-order valence-electron chi connectivity index (χ4n) is 3.14. The molecule has 0 atom stereocenters. The predicted octanol–water partition coefficient (Wildman–Crippen LogP) is 1.90. The summed E-state index contributed by atoms with van der Waals surface area (Å²) in [5.74, 6) is -0.582. The van der Waals surface area contributed by atoms with Crippen molar-refractivity contribution in [1.29, 1.82) is 0 Å². The zero-order chi connectivity index (χ0) is 15.7. The minimum absolute atomic E-state index is 0.00275. The Morgan fingerprint density at radius 3 is 2.73 bits per heavy atom. The van der Waals surface area contributed by atoms with Gasteiger partial charge in [-0.1, -0.05) is 6.07 Å². The van der Waals surface area contributed by atoms with E-state index in [-0.39, 0.29) is 18.2 Å². The summed E-state index contributed by atoms with van der Waals surface area (Å²) < 4.78 is 1.86. The van der Waals surface area contributed by atoms with Gasteiger partial charge in [-0.05, 0) is 30.9 Å². The number of carboxylic acid groups (broad SMARTS) is 1. The second-order valence-corrected chi connectivity index (χ2v) is 5.86. The maximum atomic E-state index is 12.8. The van der Waals surface area contributed by atoms with Crippen LogP contribution < -0.4 is 0 Å². The average Bonchev–Trinajstić information content (AvgIpc) is 2.88. The van der Waals surface area contributed by atoms with Gasteiger partial charge in [0.25, 0.3) is 5.91 Å². The van der Waals surface area contributed by atoms with Crippen molar-refractivity contribution in [3.63, 3.8) is 0 Å². The van der Waals surface area contributed by atoms with Gasteiger partial charge < -0.3 is 14.6 Å². The lowest BCUT2D eigenvalue weighted by Crippen LogP contribution is -2.39. The van der Waals surface area contributed by atoms with Crippen molar-refractivity contribution in [3.05, 3.63) is 30.1 Å². The number of nitrogens with zero attached hydrogens (tertiary/aromatic N) is 3. The summed E-state index contributed by atoms with van der Waals surface area (Å²) in [6, 6.07) is 5.57. The van der Waals surface area contributed by atoms with Crippen LogP contribution in [0.5, 0.6) is 0 Å². The number of imidazole rings is 1. The first-order valence-electron chi connectivity index (χ1n) is 7.47. The molecule has 3 rings (SSSR count). The van der Waals surface area contributed by atoms with Gasteiger partial charge in [-0.3, -0.25) is 9.59 Å². The molecule has 1 aliphatic heterocycles. The zero-order valence-corrected chi connectivity index (χ0v) is 12.5. The molecule has 1 amide bonds. The van der Waals surface area contributed by atoms with Crippen LogP contribution in [0.4, 0.5) is 0 Å². The van der Waals surface area contributed by atoms with E-state index in [4.69, 9.17) is 5.11 Å². The van der Waals surface area contributed by atoms with E-state index in [9.17, 15) is 9.59 Å². The second kappa shape index (κ2) is 5.79. The zero-order valence-electron chi connectivity index (χ0n) is 12.5. The highest BCUT2D eigenvalue weighted by Gasteiger charge is 2.26. The predicted molar refractivity (Wildman–Crippen MR) is 81.6 cm³/mol. The number of carboxylic acids is 1. The van der Waals surface area contributed by atoms with Gasteiger partial charge in [0.2, 0.25) is 0 Å². The highest BCUT2D eigenvalue weighted by Crippen LogP contribution is 2.24. The van der Waals surface area contributed by atoms with Crippen LogP contribution in [0.3, 0.4) is 0 Å². The first kappa shape index (κ1) is 14.6. The van der Waals surface area contributed by atoms with Gasteiger partial charge in [-0.25, -0.2) is 4.98 Å². The third kappa shape index (κ3) is 2.68. The first-order valence-corrected chi connectivity index (χ1v) is 7.47. The smallest absolute Gasteiger partial charge is 0.303 e. The molecular formula is C16H19N3O3. The quantitative estimate of drug-likeness (QED) is 0.939. The number of aliphatic carboxylic acids is 1. The Labute approximate surface area is 128 Å². The summed E-state index contributed by atoms with van der Waals surface area (Å²) in [4.78, 5) is 29.6. The maximum absolute atomic E-state index is 12.8. The molecule has 0 bridgehead atoms. The van der Waals surface area contributed by atoms with Crippen LogP contribution in [-0.2, 0) is 11.8 Å². The van der Waals surface area contributed by atoms with Crippen LogP contribution in [0.15, 0.2) is 24.5 Å². The number of carbonyl (C=O) groups is 2. The largest absolute Gasteiger partial charge is 0.481 e. The van der Waals surface area contributed by atoms with Gasteiger partial charge in [0.1, 0.15) is 0 Å². The number of carbonyl (C=O) groups excluding carboxylic acids is 1. The van der Waals surface area contributed by atoms with E-state index in [0.717, 1.165) is 23.9 Å². The lowest BCUT2D eigenvalue weighted by atomic mass is 9.93. The number of likely N-dealkylation sites (tertiary alicyclic amines) is 1. The van der Waals surface area contributed by atoms with Gasteiger partial charge in [0.15, 0.2) is 0 Å². The number of benzene rings is 1. The summed E-state index contributed by atoms with van der Waals surface area (Å²) in [7, 11) is 1.88.